The number of anilines is 1. The third kappa shape index (κ3) is 1.52. The van der Waals surface area contributed by atoms with Crippen molar-refractivity contribution >= 4 is 11.6 Å². The second-order valence-corrected chi connectivity index (χ2v) is 5.26. The lowest BCUT2D eigenvalue weighted by molar-refractivity contribution is 0.0963. The lowest BCUT2D eigenvalue weighted by Crippen LogP contribution is -2.17. The fraction of sp³-hybridized carbons (Fsp3) is 0.500. The summed E-state index contributed by atoms with van der Waals surface area (Å²) in [4.78, 5) is 11.6. The summed E-state index contributed by atoms with van der Waals surface area (Å²) in [7, 11) is 1.64. The number of rotatable bonds is 3. The predicted molar refractivity (Wildman–Crippen MR) is 69.8 cm³/mol. The van der Waals surface area contributed by atoms with Crippen LogP contribution in [-0.4, -0.2) is 31.2 Å². The molecule has 3 N–H and O–H groups in total. The maximum atomic E-state index is 11.6. The number of carbonyl (C=O) groups is 1. The SMILES string of the molecule is CNC(=O)c1ccc2c(c1)NCC21CC1CCO. The summed E-state index contributed by atoms with van der Waals surface area (Å²) in [5, 5.41) is 15.1. The molecule has 2 atom stereocenters. The largest absolute Gasteiger partial charge is 0.396 e. The minimum atomic E-state index is -0.0525. The first-order valence-electron chi connectivity index (χ1n) is 6.42. The van der Waals surface area contributed by atoms with Crippen LogP contribution < -0.4 is 10.6 Å². The molecule has 1 amide bonds. The Labute approximate surface area is 106 Å². The molecule has 3 rings (SSSR count). The summed E-state index contributed by atoms with van der Waals surface area (Å²) in [5.74, 6) is 0.533. The molecule has 1 aliphatic heterocycles. The van der Waals surface area contributed by atoms with Gasteiger partial charge >= 0.3 is 0 Å². The molecular weight excluding hydrogens is 228 g/mol. The number of benzene rings is 1. The minimum Gasteiger partial charge on any atom is -0.396 e. The van der Waals surface area contributed by atoms with Crippen molar-refractivity contribution in [2.45, 2.75) is 18.3 Å². The Kier molecular flexibility index (Phi) is 2.55. The zero-order chi connectivity index (χ0) is 12.8. The summed E-state index contributed by atoms with van der Waals surface area (Å²) >= 11 is 0. The number of aliphatic hydroxyl groups excluding tert-OH is 1. The number of hydrogen-bond donors (Lipinski definition) is 3. The highest BCUT2D eigenvalue weighted by Gasteiger charge is 2.57. The molecule has 96 valence electrons. The summed E-state index contributed by atoms with van der Waals surface area (Å²) in [6.07, 6.45) is 2.02. The highest BCUT2D eigenvalue weighted by molar-refractivity contribution is 5.95. The summed E-state index contributed by atoms with van der Waals surface area (Å²) in [5.41, 5.74) is 3.31. The smallest absolute Gasteiger partial charge is 0.251 e. The van der Waals surface area contributed by atoms with E-state index in [0.29, 0.717) is 11.5 Å². The van der Waals surface area contributed by atoms with Gasteiger partial charge in [0.05, 0.1) is 0 Å². The molecule has 18 heavy (non-hydrogen) atoms. The molecule has 1 aromatic carbocycles. The third-order valence-electron chi connectivity index (χ3n) is 4.35. The van der Waals surface area contributed by atoms with E-state index in [0.717, 1.165) is 25.1 Å². The Morgan fingerprint density at radius 3 is 3.17 bits per heavy atom. The van der Waals surface area contributed by atoms with E-state index >= 15 is 0 Å². The van der Waals surface area contributed by atoms with Gasteiger partial charge in [-0.15, -0.1) is 0 Å². The first-order chi connectivity index (χ1) is 8.71. The van der Waals surface area contributed by atoms with Crippen LogP contribution in [-0.2, 0) is 5.41 Å². The van der Waals surface area contributed by atoms with Gasteiger partial charge in [0.1, 0.15) is 0 Å². The molecule has 2 aliphatic rings. The van der Waals surface area contributed by atoms with Crippen molar-refractivity contribution in [2.75, 3.05) is 25.5 Å². The maximum absolute atomic E-state index is 11.6. The highest BCUT2D eigenvalue weighted by atomic mass is 16.3. The standard InChI is InChI=1S/C14H18N2O2/c1-15-13(18)9-2-3-11-12(6-9)16-8-14(11)7-10(14)4-5-17/h2-3,6,10,16-17H,4-5,7-8H2,1H3,(H,15,18). The normalized spacial score (nSPS) is 27.8. The van der Waals surface area contributed by atoms with Crippen molar-refractivity contribution in [3.63, 3.8) is 0 Å². The average Bonchev–Trinajstić information content (AvgIpc) is 2.96. The molecule has 1 spiro atoms. The highest BCUT2D eigenvalue weighted by Crippen LogP contribution is 2.60. The van der Waals surface area contributed by atoms with Gasteiger partial charge in [0.15, 0.2) is 0 Å². The van der Waals surface area contributed by atoms with Crippen LogP contribution in [0.2, 0.25) is 0 Å². The Morgan fingerprint density at radius 1 is 1.61 bits per heavy atom. The quantitative estimate of drug-likeness (QED) is 0.748. The van der Waals surface area contributed by atoms with Crippen LogP contribution in [0, 0.1) is 5.92 Å². The minimum absolute atomic E-state index is 0.0525. The van der Waals surface area contributed by atoms with Crippen LogP contribution in [0.3, 0.4) is 0 Å². The van der Waals surface area contributed by atoms with Crippen molar-refractivity contribution in [1.29, 1.82) is 0 Å². The molecule has 0 aromatic heterocycles. The Hall–Kier alpha value is -1.55. The van der Waals surface area contributed by atoms with Gasteiger partial charge in [0, 0.05) is 36.9 Å². The van der Waals surface area contributed by atoms with E-state index in [-0.39, 0.29) is 17.9 Å². The fourth-order valence-corrected chi connectivity index (χ4v) is 3.22. The first kappa shape index (κ1) is 11.5. The zero-order valence-corrected chi connectivity index (χ0v) is 10.5. The molecule has 1 saturated carbocycles. The molecule has 0 radical (unpaired) electrons. The second-order valence-electron chi connectivity index (χ2n) is 5.26. The van der Waals surface area contributed by atoms with Crippen molar-refractivity contribution < 1.29 is 9.90 Å². The molecule has 4 heteroatoms. The van der Waals surface area contributed by atoms with E-state index in [9.17, 15) is 4.79 Å². The van der Waals surface area contributed by atoms with Crippen LogP contribution in [0.25, 0.3) is 0 Å². The number of nitrogens with one attached hydrogen (secondary N) is 2. The van der Waals surface area contributed by atoms with E-state index in [2.05, 4.69) is 16.7 Å². The van der Waals surface area contributed by atoms with E-state index < -0.39 is 0 Å². The van der Waals surface area contributed by atoms with Crippen LogP contribution in [0.5, 0.6) is 0 Å². The zero-order valence-electron chi connectivity index (χ0n) is 10.5. The number of fused-ring (bicyclic) bond motifs is 2. The van der Waals surface area contributed by atoms with Gasteiger partial charge in [0.2, 0.25) is 0 Å². The van der Waals surface area contributed by atoms with Crippen molar-refractivity contribution in [1.82, 2.24) is 5.32 Å². The van der Waals surface area contributed by atoms with E-state index in [1.807, 2.05) is 12.1 Å². The van der Waals surface area contributed by atoms with Crippen LogP contribution in [0.15, 0.2) is 18.2 Å². The molecule has 2 unspecified atom stereocenters. The van der Waals surface area contributed by atoms with Crippen molar-refractivity contribution in [3.8, 4) is 0 Å². The van der Waals surface area contributed by atoms with Gasteiger partial charge in [-0.05, 0) is 36.5 Å². The number of aliphatic hydroxyl groups is 1. The molecule has 1 aromatic rings. The van der Waals surface area contributed by atoms with E-state index in [1.165, 1.54) is 5.56 Å². The Morgan fingerprint density at radius 2 is 2.44 bits per heavy atom. The molecule has 4 nitrogen and oxygen atoms in total. The van der Waals surface area contributed by atoms with Gasteiger partial charge < -0.3 is 15.7 Å². The van der Waals surface area contributed by atoms with Crippen LogP contribution in [0.1, 0.15) is 28.8 Å². The number of amides is 1. The van der Waals surface area contributed by atoms with Gasteiger partial charge in [-0.2, -0.15) is 0 Å². The first-order valence-corrected chi connectivity index (χ1v) is 6.42. The Balaban J connectivity index is 1.89. The van der Waals surface area contributed by atoms with Crippen LogP contribution in [0.4, 0.5) is 5.69 Å². The molecule has 1 heterocycles. The fourth-order valence-electron chi connectivity index (χ4n) is 3.22. The third-order valence-corrected chi connectivity index (χ3v) is 4.35. The van der Waals surface area contributed by atoms with Gasteiger partial charge in [-0.3, -0.25) is 4.79 Å². The lowest BCUT2D eigenvalue weighted by Gasteiger charge is -2.09. The van der Waals surface area contributed by atoms with Crippen molar-refractivity contribution in [3.05, 3.63) is 29.3 Å². The summed E-state index contributed by atoms with van der Waals surface area (Å²) in [6, 6.07) is 5.88. The average molecular weight is 246 g/mol. The number of carbonyl (C=O) groups excluding carboxylic acids is 1. The molecular formula is C14H18N2O2. The summed E-state index contributed by atoms with van der Waals surface area (Å²) < 4.78 is 0. The molecule has 0 saturated heterocycles. The van der Waals surface area contributed by atoms with Crippen LogP contribution >= 0.6 is 0 Å². The molecule has 1 fully saturated rings. The lowest BCUT2D eigenvalue weighted by atomic mass is 9.93. The predicted octanol–water partition coefficient (Wildman–Crippen LogP) is 1.11. The molecule has 0 bridgehead atoms. The molecule has 1 aliphatic carbocycles. The van der Waals surface area contributed by atoms with Gasteiger partial charge in [-0.1, -0.05) is 6.07 Å². The summed E-state index contributed by atoms with van der Waals surface area (Å²) in [6.45, 7) is 1.20. The Bertz CT molecular complexity index is 501. The topological polar surface area (TPSA) is 61.4 Å². The van der Waals surface area contributed by atoms with E-state index in [4.69, 9.17) is 5.11 Å². The van der Waals surface area contributed by atoms with Crippen molar-refractivity contribution in [2.24, 2.45) is 5.92 Å². The van der Waals surface area contributed by atoms with E-state index in [1.54, 1.807) is 7.05 Å². The van der Waals surface area contributed by atoms with Gasteiger partial charge in [-0.25, -0.2) is 0 Å². The monoisotopic (exact) mass is 246 g/mol. The maximum Gasteiger partial charge on any atom is 0.251 e. The van der Waals surface area contributed by atoms with Gasteiger partial charge in [0.25, 0.3) is 5.91 Å². The number of hydrogen-bond acceptors (Lipinski definition) is 3. The second kappa shape index (κ2) is 3.99.